The average molecular weight is 351 g/mol. The molecule has 1 heterocycles. The summed E-state index contributed by atoms with van der Waals surface area (Å²) in [5.41, 5.74) is 2.33. The van der Waals surface area contributed by atoms with Gasteiger partial charge < -0.3 is 5.11 Å². The second kappa shape index (κ2) is 5.52. The van der Waals surface area contributed by atoms with Crippen molar-refractivity contribution in [2.24, 2.45) is 5.92 Å². The van der Waals surface area contributed by atoms with E-state index in [1.54, 1.807) is 12.3 Å². The van der Waals surface area contributed by atoms with Gasteiger partial charge in [-0.2, -0.15) is 0 Å². The lowest BCUT2D eigenvalue weighted by Gasteiger charge is -2.20. The van der Waals surface area contributed by atoms with Gasteiger partial charge in [0.25, 0.3) is 0 Å². The first-order valence-corrected chi connectivity index (χ1v) is 7.36. The quantitative estimate of drug-likeness (QED) is 0.902. The van der Waals surface area contributed by atoms with Gasteiger partial charge in [0.15, 0.2) is 5.82 Å². The number of carboxylic acid groups (broad SMARTS) is 1. The molecule has 2 aromatic rings. The van der Waals surface area contributed by atoms with Crippen LogP contribution in [0.4, 0.5) is 4.39 Å². The highest BCUT2D eigenvalue weighted by Crippen LogP contribution is 2.27. The zero-order valence-electron chi connectivity index (χ0n) is 11.0. The monoisotopic (exact) mass is 350 g/mol. The van der Waals surface area contributed by atoms with Crippen LogP contribution in [0.2, 0.25) is 0 Å². The average Bonchev–Trinajstić information content (AvgIpc) is 2.45. The van der Waals surface area contributed by atoms with Gasteiger partial charge in [0.2, 0.25) is 0 Å². The van der Waals surface area contributed by atoms with E-state index in [2.05, 4.69) is 25.9 Å². The topological polar surface area (TPSA) is 63.1 Å². The summed E-state index contributed by atoms with van der Waals surface area (Å²) >= 11 is 3.25. The molecule has 0 radical (unpaired) electrons. The molecule has 0 bridgehead atoms. The van der Waals surface area contributed by atoms with Crippen LogP contribution in [0.1, 0.15) is 17.7 Å². The second-order valence-corrected chi connectivity index (χ2v) is 6.02. The summed E-state index contributed by atoms with van der Waals surface area (Å²) in [5, 5.41) is 9.07. The van der Waals surface area contributed by atoms with Crippen LogP contribution in [0.3, 0.4) is 0 Å². The van der Waals surface area contributed by atoms with E-state index in [1.165, 1.54) is 12.1 Å². The maximum Gasteiger partial charge on any atom is 0.306 e. The first-order valence-electron chi connectivity index (χ1n) is 6.57. The fourth-order valence-corrected chi connectivity index (χ4v) is 3.01. The number of fused-ring (bicyclic) bond motifs is 1. The molecule has 0 amide bonds. The zero-order chi connectivity index (χ0) is 15.0. The lowest BCUT2D eigenvalue weighted by atomic mass is 9.87. The first-order chi connectivity index (χ1) is 10.0. The summed E-state index contributed by atoms with van der Waals surface area (Å²) in [4.78, 5) is 19.8. The van der Waals surface area contributed by atoms with Gasteiger partial charge in [-0.15, -0.1) is 0 Å². The molecule has 108 valence electrons. The van der Waals surface area contributed by atoms with Crippen LogP contribution in [0.15, 0.2) is 28.9 Å². The van der Waals surface area contributed by atoms with Gasteiger partial charge in [0, 0.05) is 21.9 Å². The molecule has 1 aliphatic carbocycles. The van der Waals surface area contributed by atoms with Crippen molar-refractivity contribution in [3.05, 3.63) is 45.9 Å². The third-order valence-corrected chi connectivity index (χ3v) is 4.08. The second-order valence-electron chi connectivity index (χ2n) is 5.10. The molecule has 0 spiro atoms. The van der Waals surface area contributed by atoms with Crippen molar-refractivity contribution >= 4 is 21.9 Å². The molecule has 1 aromatic heterocycles. The lowest BCUT2D eigenvalue weighted by Crippen LogP contribution is -2.23. The first kappa shape index (κ1) is 14.1. The van der Waals surface area contributed by atoms with Gasteiger partial charge in [0.05, 0.1) is 5.92 Å². The van der Waals surface area contributed by atoms with Gasteiger partial charge in [-0.05, 0) is 43.0 Å². The molecule has 3 rings (SSSR count). The third-order valence-electron chi connectivity index (χ3n) is 3.62. The molecule has 1 N–H and O–H groups in total. The number of aryl methyl sites for hydroxylation is 1. The van der Waals surface area contributed by atoms with Gasteiger partial charge in [0.1, 0.15) is 5.82 Å². The molecule has 4 nitrogen and oxygen atoms in total. The third kappa shape index (κ3) is 2.95. The molecule has 0 fully saturated rings. The van der Waals surface area contributed by atoms with Crippen LogP contribution in [-0.4, -0.2) is 21.0 Å². The number of carbonyl (C=O) groups is 1. The molecule has 0 saturated carbocycles. The molecule has 0 aliphatic heterocycles. The van der Waals surface area contributed by atoms with E-state index in [-0.39, 0.29) is 11.7 Å². The highest BCUT2D eigenvalue weighted by Gasteiger charge is 2.25. The molecule has 0 saturated heterocycles. The number of hydrogen-bond donors (Lipinski definition) is 1. The Bertz CT molecular complexity index is 701. The number of benzene rings is 1. The zero-order valence-corrected chi connectivity index (χ0v) is 12.6. The van der Waals surface area contributed by atoms with E-state index in [1.807, 2.05) is 0 Å². The van der Waals surface area contributed by atoms with Crippen LogP contribution < -0.4 is 0 Å². The number of hydrogen-bond acceptors (Lipinski definition) is 3. The molecule has 1 unspecified atom stereocenters. The molecule has 21 heavy (non-hydrogen) atoms. The highest BCUT2D eigenvalue weighted by atomic mass is 79.9. The molecule has 1 aromatic carbocycles. The fraction of sp³-hybridized carbons (Fsp3) is 0.267. The summed E-state index contributed by atoms with van der Waals surface area (Å²) in [7, 11) is 0. The minimum atomic E-state index is -0.779. The van der Waals surface area contributed by atoms with E-state index in [0.29, 0.717) is 35.1 Å². The van der Waals surface area contributed by atoms with Crippen molar-refractivity contribution < 1.29 is 14.3 Å². The van der Waals surface area contributed by atoms with Crippen molar-refractivity contribution in [1.82, 2.24) is 9.97 Å². The summed E-state index contributed by atoms with van der Waals surface area (Å²) in [6, 6.07) is 4.52. The Kier molecular flexibility index (Phi) is 3.71. The van der Waals surface area contributed by atoms with Gasteiger partial charge in [-0.25, -0.2) is 14.4 Å². The van der Waals surface area contributed by atoms with E-state index >= 15 is 0 Å². The van der Waals surface area contributed by atoms with Crippen molar-refractivity contribution in [2.45, 2.75) is 19.3 Å². The number of carboxylic acids is 1. The van der Waals surface area contributed by atoms with E-state index < -0.39 is 5.97 Å². The minimum Gasteiger partial charge on any atom is -0.481 e. The molecular formula is C15H12BrFN2O2. The summed E-state index contributed by atoms with van der Waals surface area (Å²) in [6.07, 6.45) is 3.30. The van der Waals surface area contributed by atoms with Crippen LogP contribution >= 0.6 is 15.9 Å². The van der Waals surface area contributed by atoms with Crippen molar-refractivity contribution in [1.29, 1.82) is 0 Å². The lowest BCUT2D eigenvalue weighted by molar-refractivity contribution is -0.142. The fourth-order valence-electron chi connectivity index (χ4n) is 2.54. The smallest absolute Gasteiger partial charge is 0.306 e. The van der Waals surface area contributed by atoms with Crippen LogP contribution in [-0.2, 0) is 17.6 Å². The van der Waals surface area contributed by atoms with Crippen molar-refractivity contribution in [3.63, 3.8) is 0 Å². The maximum absolute atomic E-state index is 13.4. The standard InChI is InChI=1S/C15H12BrFN2O2/c16-11-4-9(5-12(17)6-11)14-18-7-10-3-8(15(20)21)1-2-13(10)19-14/h4-8H,1-3H2,(H,20,21). The predicted octanol–water partition coefficient (Wildman–Crippen LogP) is 3.23. The number of aliphatic carboxylic acids is 1. The summed E-state index contributed by atoms with van der Waals surface area (Å²) in [5.74, 6) is -1.04. The maximum atomic E-state index is 13.4. The minimum absolute atomic E-state index is 0.355. The van der Waals surface area contributed by atoms with Crippen LogP contribution in [0, 0.1) is 11.7 Å². The van der Waals surface area contributed by atoms with Crippen LogP contribution in [0.5, 0.6) is 0 Å². The normalized spacial score (nSPS) is 17.3. The Morgan fingerprint density at radius 3 is 2.90 bits per heavy atom. The van der Waals surface area contributed by atoms with Crippen molar-refractivity contribution in [3.8, 4) is 11.4 Å². The Morgan fingerprint density at radius 1 is 1.38 bits per heavy atom. The molecule has 1 aliphatic rings. The van der Waals surface area contributed by atoms with Gasteiger partial charge in [-0.1, -0.05) is 15.9 Å². The SMILES string of the molecule is O=C(O)C1CCc2nc(-c3cc(F)cc(Br)c3)ncc2C1. The van der Waals surface area contributed by atoms with E-state index in [4.69, 9.17) is 5.11 Å². The predicted molar refractivity (Wildman–Crippen MR) is 78.3 cm³/mol. The number of rotatable bonds is 2. The summed E-state index contributed by atoms with van der Waals surface area (Å²) in [6.45, 7) is 0. The largest absolute Gasteiger partial charge is 0.481 e. The van der Waals surface area contributed by atoms with E-state index in [0.717, 1.165) is 11.3 Å². The Morgan fingerprint density at radius 2 is 2.19 bits per heavy atom. The van der Waals surface area contributed by atoms with E-state index in [9.17, 15) is 9.18 Å². The Hall–Kier alpha value is -1.82. The Labute approximate surface area is 129 Å². The van der Waals surface area contributed by atoms with Crippen molar-refractivity contribution in [2.75, 3.05) is 0 Å². The number of nitrogens with zero attached hydrogens (tertiary/aromatic N) is 2. The molecular weight excluding hydrogens is 339 g/mol. The Balaban J connectivity index is 1.95. The van der Waals surface area contributed by atoms with Gasteiger partial charge >= 0.3 is 5.97 Å². The highest BCUT2D eigenvalue weighted by molar-refractivity contribution is 9.10. The number of aromatic nitrogens is 2. The molecule has 1 atom stereocenters. The van der Waals surface area contributed by atoms with Gasteiger partial charge in [-0.3, -0.25) is 4.79 Å². The molecule has 6 heteroatoms. The number of halogens is 2. The van der Waals surface area contributed by atoms with Crippen LogP contribution in [0.25, 0.3) is 11.4 Å². The summed E-state index contributed by atoms with van der Waals surface area (Å²) < 4.78 is 14.1.